The number of esters is 1. The van der Waals surface area contributed by atoms with Crippen LogP contribution in [-0.4, -0.2) is 49.6 Å². The van der Waals surface area contributed by atoms with Gasteiger partial charge in [-0.15, -0.1) is 0 Å². The number of carbonyl (C=O) groups is 1. The number of carbonyl (C=O) groups excluding carboxylic acids is 1. The third kappa shape index (κ3) is 3.19. The van der Waals surface area contributed by atoms with Crippen molar-refractivity contribution in [2.24, 2.45) is 0 Å². The highest BCUT2D eigenvalue weighted by molar-refractivity contribution is 5.75. The number of fused-ring (bicyclic) bond motifs is 1. The number of H-pyrrole nitrogens is 1. The predicted molar refractivity (Wildman–Crippen MR) is 82.7 cm³/mol. The van der Waals surface area contributed by atoms with Gasteiger partial charge in [0.2, 0.25) is 5.95 Å². The fourth-order valence-electron chi connectivity index (χ4n) is 2.92. The molecular weight excluding hydrogens is 300 g/mol. The number of nitrogens with one attached hydrogen (secondary N) is 1. The van der Waals surface area contributed by atoms with Crippen molar-refractivity contribution in [3.05, 3.63) is 22.1 Å². The van der Waals surface area contributed by atoms with Crippen LogP contribution in [0, 0.1) is 0 Å². The number of nitrogen functional groups attached to an aromatic ring is 1. The van der Waals surface area contributed by atoms with Crippen molar-refractivity contribution in [2.45, 2.75) is 38.8 Å². The molecule has 2 aromatic heterocycles. The van der Waals surface area contributed by atoms with Gasteiger partial charge in [0.25, 0.3) is 11.3 Å². The second kappa shape index (κ2) is 6.37. The summed E-state index contributed by atoms with van der Waals surface area (Å²) in [7, 11) is 0. The number of hydrogen-bond donors (Lipinski definition) is 2. The highest BCUT2D eigenvalue weighted by Gasteiger charge is 2.30. The van der Waals surface area contributed by atoms with Crippen molar-refractivity contribution in [1.29, 1.82) is 0 Å². The molecule has 9 heteroatoms. The van der Waals surface area contributed by atoms with Crippen LogP contribution < -0.4 is 11.3 Å². The first-order valence-corrected chi connectivity index (χ1v) is 7.73. The third-order valence-electron chi connectivity index (χ3n) is 3.94. The molecule has 0 bridgehead atoms. The number of aromatic amines is 1. The van der Waals surface area contributed by atoms with Gasteiger partial charge in [0, 0.05) is 12.6 Å². The summed E-state index contributed by atoms with van der Waals surface area (Å²) in [5, 5.41) is 2.62. The molecule has 23 heavy (non-hydrogen) atoms. The monoisotopic (exact) mass is 320 g/mol. The Labute approximate surface area is 132 Å². The van der Waals surface area contributed by atoms with E-state index in [1.807, 2.05) is 4.90 Å². The molecule has 0 aliphatic carbocycles. The van der Waals surface area contributed by atoms with Gasteiger partial charge in [0.15, 0.2) is 0 Å². The Hall–Kier alpha value is -2.42. The maximum Gasteiger partial charge on any atom is 0.323 e. The van der Waals surface area contributed by atoms with Gasteiger partial charge in [-0.3, -0.25) is 19.6 Å². The summed E-state index contributed by atoms with van der Waals surface area (Å²) in [6.07, 6.45) is 2.76. The van der Waals surface area contributed by atoms with Crippen molar-refractivity contribution >= 4 is 17.7 Å². The second-order valence-electron chi connectivity index (χ2n) is 5.56. The van der Waals surface area contributed by atoms with E-state index in [2.05, 4.69) is 15.1 Å². The molecule has 3 rings (SSSR count). The zero-order valence-electron chi connectivity index (χ0n) is 13.0. The van der Waals surface area contributed by atoms with Crippen LogP contribution in [0.1, 0.15) is 31.9 Å². The first-order chi connectivity index (χ1) is 11.1. The fraction of sp³-hybridized carbons (Fsp3) is 0.571. The van der Waals surface area contributed by atoms with E-state index in [-0.39, 0.29) is 29.3 Å². The summed E-state index contributed by atoms with van der Waals surface area (Å²) in [5.41, 5.74) is 5.84. The molecule has 1 aliphatic rings. The van der Waals surface area contributed by atoms with Gasteiger partial charge in [-0.2, -0.15) is 9.50 Å². The van der Waals surface area contributed by atoms with E-state index in [1.54, 1.807) is 6.92 Å². The van der Waals surface area contributed by atoms with Crippen LogP contribution in [0.2, 0.25) is 0 Å². The van der Waals surface area contributed by atoms with Crippen LogP contribution in [0.25, 0.3) is 5.78 Å². The molecule has 9 nitrogen and oxygen atoms in total. The van der Waals surface area contributed by atoms with Crippen LogP contribution in [0.15, 0.2) is 10.9 Å². The number of aromatic nitrogens is 4. The SMILES string of the molecule is CCOC(=O)C1CCCCN1Cc1cc(=O)n2[nH]c(N)nc2n1. The molecule has 0 radical (unpaired) electrons. The van der Waals surface area contributed by atoms with E-state index >= 15 is 0 Å². The van der Waals surface area contributed by atoms with Gasteiger partial charge in [0.1, 0.15) is 6.04 Å². The highest BCUT2D eigenvalue weighted by atomic mass is 16.5. The molecule has 1 aliphatic heterocycles. The molecule has 1 fully saturated rings. The number of piperidine rings is 1. The van der Waals surface area contributed by atoms with Crippen LogP contribution in [0.3, 0.4) is 0 Å². The summed E-state index contributed by atoms with van der Waals surface area (Å²) < 4.78 is 6.34. The zero-order valence-corrected chi connectivity index (χ0v) is 13.0. The van der Waals surface area contributed by atoms with Gasteiger partial charge < -0.3 is 10.5 Å². The minimum absolute atomic E-state index is 0.133. The standard InChI is InChI=1S/C14H20N6O3/c1-2-23-12(22)10-5-3-4-6-19(10)8-9-7-11(21)20-14(16-9)17-13(15)18-20/h7,10H,2-6,8H2,1H3,(H3,15,16,17,18). The Morgan fingerprint density at radius 2 is 2.30 bits per heavy atom. The van der Waals surface area contributed by atoms with E-state index < -0.39 is 0 Å². The summed E-state index contributed by atoms with van der Waals surface area (Å²) >= 11 is 0. The minimum atomic E-state index is -0.284. The van der Waals surface area contributed by atoms with Crippen LogP contribution in [0.5, 0.6) is 0 Å². The molecule has 124 valence electrons. The molecule has 1 unspecified atom stereocenters. The molecule has 3 heterocycles. The van der Waals surface area contributed by atoms with Gasteiger partial charge in [0.05, 0.1) is 12.3 Å². The Bertz CT molecular complexity index is 767. The number of ether oxygens (including phenoxy) is 1. The highest BCUT2D eigenvalue weighted by Crippen LogP contribution is 2.20. The van der Waals surface area contributed by atoms with Crippen molar-refractivity contribution in [3.63, 3.8) is 0 Å². The lowest BCUT2D eigenvalue weighted by molar-refractivity contribution is -0.151. The van der Waals surface area contributed by atoms with Gasteiger partial charge in [-0.05, 0) is 26.3 Å². The van der Waals surface area contributed by atoms with Crippen molar-refractivity contribution in [2.75, 3.05) is 18.9 Å². The first-order valence-electron chi connectivity index (χ1n) is 7.73. The Balaban J connectivity index is 1.84. The molecule has 2 aromatic rings. The van der Waals surface area contributed by atoms with Crippen LogP contribution in [-0.2, 0) is 16.1 Å². The van der Waals surface area contributed by atoms with E-state index in [0.29, 0.717) is 18.8 Å². The Morgan fingerprint density at radius 1 is 1.48 bits per heavy atom. The Kier molecular flexibility index (Phi) is 4.28. The number of hydrogen-bond acceptors (Lipinski definition) is 7. The van der Waals surface area contributed by atoms with Gasteiger partial charge >= 0.3 is 5.97 Å². The van der Waals surface area contributed by atoms with E-state index in [0.717, 1.165) is 25.8 Å². The molecule has 1 saturated heterocycles. The summed E-state index contributed by atoms with van der Waals surface area (Å²) in [6, 6.07) is 1.15. The largest absolute Gasteiger partial charge is 0.465 e. The molecule has 1 atom stereocenters. The summed E-state index contributed by atoms with van der Waals surface area (Å²) in [6.45, 7) is 3.33. The lowest BCUT2D eigenvalue weighted by Gasteiger charge is -2.33. The average molecular weight is 320 g/mol. The van der Waals surface area contributed by atoms with E-state index in [9.17, 15) is 9.59 Å². The molecule has 3 N–H and O–H groups in total. The molecule has 0 saturated carbocycles. The average Bonchev–Trinajstić information content (AvgIpc) is 2.89. The molecule has 0 amide bonds. The maximum atomic E-state index is 12.1. The fourth-order valence-corrected chi connectivity index (χ4v) is 2.92. The number of nitrogens with zero attached hydrogens (tertiary/aromatic N) is 4. The lowest BCUT2D eigenvalue weighted by atomic mass is 10.0. The maximum absolute atomic E-state index is 12.1. The summed E-state index contributed by atoms with van der Waals surface area (Å²) in [5.74, 6) is 0.151. The number of anilines is 1. The second-order valence-corrected chi connectivity index (χ2v) is 5.56. The quantitative estimate of drug-likeness (QED) is 0.756. The number of likely N-dealkylation sites (tertiary alicyclic amines) is 1. The van der Waals surface area contributed by atoms with Crippen LogP contribution in [0.4, 0.5) is 5.95 Å². The smallest absolute Gasteiger partial charge is 0.323 e. The molecular formula is C14H20N6O3. The van der Waals surface area contributed by atoms with Gasteiger partial charge in [-0.1, -0.05) is 6.42 Å². The minimum Gasteiger partial charge on any atom is -0.465 e. The predicted octanol–water partition coefficient (Wildman–Crippen LogP) is -0.0826. The van der Waals surface area contributed by atoms with Gasteiger partial charge in [-0.25, -0.2) is 4.98 Å². The van der Waals surface area contributed by atoms with Crippen molar-refractivity contribution in [3.8, 4) is 0 Å². The Morgan fingerprint density at radius 3 is 3.09 bits per heavy atom. The zero-order chi connectivity index (χ0) is 16.4. The van der Waals surface area contributed by atoms with E-state index in [1.165, 1.54) is 10.6 Å². The number of rotatable bonds is 4. The number of nitrogens with two attached hydrogens (primary N) is 1. The first kappa shape index (κ1) is 15.5. The third-order valence-corrected chi connectivity index (χ3v) is 3.94. The normalized spacial score (nSPS) is 19.1. The van der Waals surface area contributed by atoms with Crippen molar-refractivity contribution in [1.82, 2.24) is 24.5 Å². The van der Waals surface area contributed by atoms with E-state index in [4.69, 9.17) is 10.5 Å². The summed E-state index contributed by atoms with van der Waals surface area (Å²) in [4.78, 5) is 34.5. The van der Waals surface area contributed by atoms with Crippen molar-refractivity contribution < 1.29 is 9.53 Å². The van der Waals surface area contributed by atoms with Crippen LogP contribution >= 0.6 is 0 Å². The molecule has 0 spiro atoms. The topological polar surface area (TPSA) is 119 Å². The lowest BCUT2D eigenvalue weighted by Crippen LogP contribution is -2.45. The molecule has 0 aromatic carbocycles.